The molecule has 0 amide bonds. The van der Waals surface area contributed by atoms with E-state index in [4.69, 9.17) is 0 Å². The highest BCUT2D eigenvalue weighted by molar-refractivity contribution is 7.88. The first-order valence-electron chi connectivity index (χ1n) is 7.32. The largest absolute Gasteiger partial charge is 0.310 e. The predicted octanol–water partition coefficient (Wildman–Crippen LogP) is 1.98. The summed E-state index contributed by atoms with van der Waals surface area (Å²) in [5, 5.41) is 3.57. The topological polar surface area (TPSA) is 58.2 Å². The van der Waals surface area contributed by atoms with E-state index < -0.39 is 10.0 Å². The summed E-state index contributed by atoms with van der Waals surface area (Å²) in [6.07, 6.45) is 6.84. The Balaban J connectivity index is 1.84. The lowest BCUT2D eigenvalue weighted by Gasteiger charge is -2.19. The smallest absolute Gasteiger partial charge is 0.208 e. The van der Waals surface area contributed by atoms with E-state index in [-0.39, 0.29) is 0 Å². The molecule has 0 aromatic heterocycles. The van der Waals surface area contributed by atoms with Crippen LogP contribution in [0.3, 0.4) is 0 Å². The van der Waals surface area contributed by atoms with E-state index in [0.29, 0.717) is 12.6 Å². The first-order valence-corrected chi connectivity index (χ1v) is 9.21. The molecule has 1 atom stereocenters. The zero-order valence-electron chi connectivity index (χ0n) is 12.1. The van der Waals surface area contributed by atoms with E-state index in [0.717, 1.165) is 19.4 Å². The fraction of sp³-hybridized carbons (Fsp3) is 0.600. The van der Waals surface area contributed by atoms with Crippen LogP contribution in [0.1, 0.15) is 42.9 Å². The molecule has 4 nitrogen and oxygen atoms in total. The Morgan fingerprint density at radius 2 is 2.00 bits per heavy atom. The molecule has 0 spiro atoms. The Hall–Kier alpha value is -0.910. The fourth-order valence-electron chi connectivity index (χ4n) is 2.76. The van der Waals surface area contributed by atoms with Crippen LogP contribution >= 0.6 is 0 Å². The van der Waals surface area contributed by atoms with Gasteiger partial charge in [-0.1, -0.05) is 30.7 Å². The molecule has 1 unspecified atom stereocenters. The SMILES string of the molecule is CS(=O)(=O)NCCCNC1CCCCc2ccccc21. The molecule has 0 aliphatic heterocycles. The second-order valence-electron chi connectivity index (χ2n) is 5.47. The maximum absolute atomic E-state index is 11.0. The van der Waals surface area contributed by atoms with E-state index in [1.54, 1.807) is 0 Å². The molecule has 2 N–H and O–H groups in total. The lowest BCUT2D eigenvalue weighted by molar-refractivity contribution is 0.482. The number of sulfonamides is 1. The van der Waals surface area contributed by atoms with Crippen molar-refractivity contribution in [1.29, 1.82) is 0 Å². The van der Waals surface area contributed by atoms with Crippen LogP contribution in [-0.4, -0.2) is 27.8 Å². The zero-order valence-corrected chi connectivity index (χ0v) is 12.9. The molecule has 0 bridgehead atoms. The van der Waals surface area contributed by atoms with Crippen LogP contribution in [0.4, 0.5) is 0 Å². The summed E-state index contributed by atoms with van der Waals surface area (Å²) in [5.41, 5.74) is 2.87. The summed E-state index contributed by atoms with van der Waals surface area (Å²) in [6, 6.07) is 9.06. The van der Waals surface area contributed by atoms with Crippen LogP contribution in [0, 0.1) is 0 Å². The van der Waals surface area contributed by atoms with Gasteiger partial charge in [0.05, 0.1) is 6.26 Å². The van der Waals surface area contributed by atoms with Crippen LogP contribution in [0.15, 0.2) is 24.3 Å². The number of aryl methyl sites for hydroxylation is 1. The first-order chi connectivity index (χ1) is 9.56. The number of hydrogen-bond donors (Lipinski definition) is 2. The number of rotatable bonds is 6. The van der Waals surface area contributed by atoms with Crippen LogP contribution in [0.5, 0.6) is 0 Å². The van der Waals surface area contributed by atoms with Crippen molar-refractivity contribution in [2.45, 2.75) is 38.1 Å². The second kappa shape index (κ2) is 7.20. The number of benzene rings is 1. The number of nitrogens with one attached hydrogen (secondary N) is 2. The molecule has 0 saturated carbocycles. The summed E-state index contributed by atoms with van der Waals surface area (Å²) >= 11 is 0. The van der Waals surface area contributed by atoms with Gasteiger partial charge in [0, 0.05) is 12.6 Å². The van der Waals surface area contributed by atoms with E-state index in [2.05, 4.69) is 34.3 Å². The van der Waals surface area contributed by atoms with Gasteiger partial charge in [-0.05, 0) is 43.4 Å². The van der Waals surface area contributed by atoms with Crippen molar-refractivity contribution < 1.29 is 8.42 Å². The molecule has 1 aromatic carbocycles. The van der Waals surface area contributed by atoms with Crippen molar-refractivity contribution in [3.05, 3.63) is 35.4 Å². The normalized spacial score (nSPS) is 19.4. The highest BCUT2D eigenvalue weighted by atomic mass is 32.2. The zero-order chi connectivity index (χ0) is 14.4. The third kappa shape index (κ3) is 4.89. The third-order valence-electron chi connectivity index (χ3n) is 3.73. The Morgan fingerprint density at radius 1 is 1.20 bits per heavy atom. The van der Waals surface area contributed by atoms with Gasteiger partial charge in [-0.15, -0.1) is 0 Å². The minimum absolute atomic E-state index is 0.409. The lowest BCUT2D eigenvalue weighted by atomic mass is 9.99. The van der Waals surface area contributed by atoms with Gasteiger partial charge < -0.3 is 5.32 Å². The molecular weight excluding hydrogens is 272 g/mol. The van der Waals surface area contributed by atoms with Crippen LogP contribution < -0.4 is 10.0 Å². The Kier molecular flexibility index (Phi) is 5.57. The van der Waals surface area contributed by atoms with Crippen molar-refractivity contribution in [1.82, 2.24) is 10.0 Å². The summed E-state index contributed by atoms with van der Waals surface area (Å²) < 4.78 is 24.5. The molecule has 0 radical (unpaired) electrons. The molecule has 1 aliphatic carbocycles. The van der Waals surface area contributed by atoms with E-state index in [9.17, 15) is 8.42 Å². The van der Waals surface area contributed by atoms with Crippen molar-refractivity contribution in [3.8, 4) is 0 Å². The second-order valence-corrected chi connectivity index (χ2v) is 7.30. The van der Waals surface area contributed by atoms with Crippen molar-refractivity contribution >= 4 is 10.0 Å². The average Bonchev–Trinajstić information content (AvgIpc) is 2.60. The molecule has 2 rings (SSSR count). The summed E-state index contributed by atoms with van der Waals surface area (Å²) in [5.74, 6) is 0. The van der Waals surface area contributed by atoms with Gasteiger partial charge in [0.15, 0.2) is 0 Å². The van der Waals surface area contributed by atoms with Gasteiger partial charge in [0.2, 0.25) is 10.0 Å². The Morgan fingerprint density at radius 3 is 2.80 bits per heavy atom. The quantitative estimate of drug-likeness (QED) is 0.623. The molecule has 1 aliphatic rings. The maximum atomic E-state index is 11.0. The van der Waals surface area contributed by atoms with Crippen molar-refractivity contribution in [2.24, 2.45) is 0 Å². The lowest BCUT2D eigenvalue weighted by Crippen LogP contribution is -2.28. The number of fused-ring (bicyclic) bond motifs is 1. The van der Waals surface area contributed by atoms with Gasteiger partial charge >= 0.3 is 0 Å². The van der Waals surface area contributed by atoms with Crippen LogP contribution in [0.25, 0.3) is 0 Å². The van der Waals surface area contributed by atoms with E-state index >= 15 is 0 Å². The van der Waals surface area contributed by atoms with Crippen LogP contribution in [0.2, 0.25) is 0 Å². The molecule has 0 heterocycles. The summed E-state index contributed by atoms with van der Waals surface area (Å²) in [7, 11) is -3.06. The average molecular weight is 296 g/mol. The molecule has 1 aromatic rings. The fourth-order valence-corrected chi connectivity index (χ4v) is 3.27. The minimum atomic E-state index is -3.06. The number of hydrogen-bond acceptors (Lipinski definition) is 3. The van der Waals surface area contributed by atoms with Gasteiger partial charge in [-0.3, -0.25) is 0 Å². The first kappa shape index (κ1) is 15.5. The van der Waals surface area contributed by atoms with E-state index in [1.807, 2.05) is 0 Å². The van der Waals surface area contributed by atoms with Gasteiger partial charge in [-0.25, -0.2) is 13.1 Å². The minimum Gasteiger partial charge on any atom is -0.310 e. The summed E-state index contributed by atoms with van der Waals surface area (Å²) in [4.78, 5) is 0. The molecule has 0 saturated heterocycles. The van der Waals surface area contributed by atoms with Crippen molar-refractivity contribution in [2.75, 3.05) is 19.3 Å². The van der Waals surface area contributed by atoms with Gasteiger partial charge in [0.25, 0.3) is 0 Å². The standard InChI is InChI=1S/C15H24N2O2S/c1-20(18,19)17-12-6-11-16-15-10-5-3-8-13-7-2-4-9-14(13)15/h2,4,7,9,15-17H,3,5-6,8,10-12H2,1H3. The van der Waals surface area contributed by atoms with Crippen molar-refractivity contribution in [3.63, 3.8) is 0 Å². The maximum Gasteiger partial charge on any atom is 0.208 e. The molecular formula is C15H24N2O2S. The Labute approximate surface area is 122 Å². The van der Waals surface area contributed by atoms with Crippen LogP contribution in [-0.2, 0) is 16.4 Å². The van der Waals surface area contributed by atoms with Gasteiger partial charge in [0.1, 0.15) is 0 Å². The highest BCUT2D eigenvalue weighted by Crippen LogP contribution is 2.28. The third-order valence-corrected chi connectivity index (χ3v) is 4.46. The molecule has 20 heavy (non-hydrogen) atoms. The van der Waals surface area contributed by atoms with E-state index in [1.165, 1.54) is 36.6 Å². The monoisotopic (exact) mass is 296 g/mol. The predicted molar refractivity (Wildman–Crippen MR) is 82.2 cm³/mol. The van der Waals surface area contributed by atoms with Gasteiger partial charge in [-0.2, -0.15) is 0 Å². The Bertz CT molecular complexity index is 528. The molecule has 5 heteroatoms. The highest BCUT2D eigenvalue weighted by Gasteiger charge is 2.17. The summed E-state index contributed by atoms with van der Waals surface area (Å²) in [6.45, 7) is 1.34. The molecule has 112 valence electrons. The molecule has 0 fully saturated rings.